The van der Waals surface area contributed by atoms with E-state index in [0.717, 1.165) is 12.1 Å². The number of carbonyl (C=O) groups is 1. The van der Waals surface area contributed by atoms with Gasteiger partial charge in [0, 0.05) is 4.47 Å². The molecule has 0 aliphatic heterocycles. The third-order valence-electron chi connectivity index (χ3n) is 2.43. The molecule has 2 N–H and O–H groups in total. The number of hydrogen-bond donors (Lipinski definition) is 2. The Morgan fingerprint density at radius 3 is 2.38 bits per heavy atom. The van der Waals surface area contributed by atoms with Crippen LogP contribution in [0.15, 0.2) is 34.8 Å². The summed E-state index contributed by atoms with van der Waals surface area (Å²) in [5.74, 6) is -0.983. The Balaban J connectivity index is 2.20. The predicted molar refractivity (Wildman–Crippen MR) is 71.4 cm³/mol. The number of nitrogens with one attached hydrogen (secondary N) is 1. The Kier molecular flexibility index (Phi) is 4.12. The molecule has 1 aromatic carbocycles. The van der Waals surface area contributed by atoms with Gasteiger partial charge in [0.25, 0.3) is 0 Å². The lowest BCUT2D eigenvalue weighted by Crippen LogP contribution is -2.09. The number of carboxylic acid groups (broad SMARTS) is 1. The third kappa shape index (κ3) is 3.69. The molecule has 0 saturated heterocycles. The van der Waals surface area contributed by atoms with Crippen LogP contribution in [-0.2, 0) is 6.18 Å². The SMILES string of the molecule is O=C(O)c1ccc(Nc2ccc(C(F)(F)F)nn2)c(Br)c1. The fourth-order valence-electron chi connectivity index (χ4n) is 1.44. The quantitative estimate of drug-likeness (QED) is 0.871. The van der Waals surface area contributed by atoms with E-state index in [1.165, 1.54) is 18.2 Å². The smallest absolute Gasteiger partial charge is 0.435 e. The topological polar surface area (TPSA) is 75.1 Å². The normalized spacial score (nSPS) is 11.2. The van der Waals surface area contributed by atoms with E-state index in [0.29, 0.717) is 10.2 Å². The first-order valence-electron chi connectivity index (χ1n) is 5.48. The molecule has 0 radical (unpaired) electrons. The molecule has 0 unspecified atom stereocenters. The van der Waals surface area contributed by atoms with Crippen molar-refractivity contribution in [2.45, 2.75) is 6.18 Å². The van der Waals surface area contributed by atoms with Gasteiger partial charge in [-0.2, -0.15) is 13.2 Å². The fourth-order valence-corrected chi connectivity index (χ4v) is 1.92. The number of carboxylic acids is 1. The largest absolute Gasteiger partial charge is 0.478 e. The van der Waals surface area contributed by atoms with Crippen molar-refractivity contribution in [3.05, 3.63) is 46.1 Å². The van der Waals surface area contributed by atoms with Crippen LogP contribution in [0.1, 0.15) is 16.1 Å². The lowest BCUT2D eigenvalue weighted by molar-refractivity contribution is -0.141. The molecule has 9 heteroatoms. The van der Waals surface area contributed by atoms with Gasteiger partial charge in [0.05, 0.1) is 11.3 Å². The van der Waals surface area contributed by atoms with Gasteiger partial charge in [-0.3, -0.25) is 0 Å². The van der Waals surface area contributed by atoms with Crippen molar-refractivity contribution in [3.63, 3.8) is 0 Å². The number of halogens is 4. The highest BCUT2D eigenvalue weighted by atomic mass is 79.9. The van der Waals surface area contributed by atoms with Crippen molar-refractivity contribution in [2.75, 3.05) is 5.32 Å². The highest BCUT2D eigenvalue weighted by Gasteiger charge is 2.32. The standard InChI is InChI=1S/C12H7BrF3N3O2/c13-7-5-6(11(20)21)1-2-8(7)17-10-4-3-9(18-19-10)12(14,15)16/h1-5H,(H,17,19)(H,20,21). The zero-order valence-corrected chi connectivity index (χ0v) is 11.7. The van der Waals surface area contributed by atoms with Crippen LogP contribution in [0, 0.1) is 0 Å². The Hall–Kier alpha value is -2.16. The monoisotopic (exact) mass is 361 g/mol. The van der Waals surface area contributed by atoms with E-state index < -0.39 is 17.8 Å². The molecule has 0 amide bonds. The van der Waals surface area contributed by atoms with Crippen LogP contribution in [0.2, 0.25) is 0 Å². The van der Waals surface area contributed by atoms with Gasteiger partial charge in [-0.1, -0.05) is 0 Å². The predicted octanol–water partition coefficient (Wildman–Crippen LogP) is 3.70. The summed E-state index contributed by atoms with van der Waals surface area (Å²) in [6, 6.07) is 6.12. The summed E-state index contributed by atoms with van der Waals surface area (Å²) in [6.07, 6.45) is -4.55. The van der Waals surface area contributed by atoms with Gasteiger partial charge >= 0.3 is 12.1 Å². The van der Waals surface area contributed by atoms with Crippen LogP contribution in [0.5, 0.6) is 0 Å². The highest BCUT2D eigenvalue weighted by molar-refractivity contribution is 9.10. The van der Waals surface area contributed by atoms with Gasteiger partial charge in [0.2, 0.25) is 0 Å². The molecule has 0 fully saturated rings. The van der Waals surface area contributed by atoms with Gasteiger partial charge in [-0.15, -0.1) is 10.2 Å². The van der Waals surface area contributed by atoms with E-state index in [-0.39, 0.29) is 11.4 Å². The molecule has 21 heavy (non-hydrogen) atoms. The zero-order valence-electron chi connectivity index (χ0n) is 10.1. The Bertz CT molecular complexity index is 674. The molecule has 0 atom stereocenters. The molecule has 0 aliphatic carbocycles. The van der Waals surface area contributed by atoms with Gasteiger partial charge in [-0.25, -0.2) is 4.79 Å². The van der Waals surface area contributed by atoms with Gasteiger partial charge in [0.1, 0.15) is 0 Å². The van der Waals surface area contributed by atoms with E-state index in [4.69, 9.17) is 5.11 Å². The molecule has 110 valence electrons. The van der Waals surface area contributed by atoms with Crippen molar-refractivity contribution in [1.82, 2.24) is 10.2 Å². The molecule has 0 bridgehead atoms. The van der Waals surface area contributed by atoms with Crippen molar-refractivity contribution < 1.29 is 23.1 Å². The van der Waals surface area contributed by atoms with Crippen molar-refractivity contribution in [2.24, 2.45) is 0 Å². The highest BCUT2D eigenvalue weighted by Crippen LogP contribution is 2.29. The second-order valence-electron chi connectivity index (χ2n) is 3.93. The van der Waals surface area contributed by atoms with E-state index in [9.17, 15) is 18.0 Å². The maximum atomic E-state index is 12.3. The first-order chi connectivity index (χ1) is 9.77. The molecule has 0 aliphatic rings. The van der Waals surface area contributed by atoms with Crippen molar-refractivity contribution in [1.29, 1.82) is 0 Å². The summed E-state index contributed by atoms with van der Waals surface area (Å²) in [4.78, 5) is 10.8. The van der Waals surface area contributed by atoms with E-state index in [1.54, 1.807) is 0 Å². The number of benzene rings is 1. The number of aromatic carboxylic acids is 1. The first-order valence-corrected chi connectivity index (χ1v) is 6.27. The Labute approximate surface area is 124 Å². The summed E-state index contributed by atoms with van der Waals surface area (Å²) in [6.45, 7) is 0. The van der Waals surface area contributed by atoms with E-state index >= 15 is 0 Å². The number of alkyl halides is 3. The number of hydrogen-bond acceptors (Lipinski definition) is 4. The zero-order chi connectivity index (χ0) is 15.6. The van der Waals surface area contributed by atoms with Crippen LogP contribution in [-0.4, -0.2) is 21.3 Å². The summed E-state index contributed by atoms with van der Waals surface area (Å²) in [5, 5.41) is 18.1. The molecule has 0 spiro atoms. The summed E-state index contributed by atoms with van der Waals surface area (Å²) < 4.78 is 37.5. The van der Waals surface area contributed by atoms with Gasteiger partial charge in [0.15, 0.2) is 11.5 Å². The lowest BCUT2D eigenvalue weighted by atomic mass is 10.2. The van der Waals surface area contributed by atoms with E-state index in [2.05, 4.69) is 31.4 Å². The second-order valence-corrected chi connectivity index (χ2v) is 4.78. The average molecular weight is 362 g/mol. The van der Waals surface area contributed by atoms with Crippen LogP contribution in [0.4, 0.5) is 24.7 Å². The first kappa shape index (κ1) is 15.2. The minimum Gasteiger partial charge on any atom is -0.478 e. The maximum Gasteiger partial charge on any atom is 0.435 e. The Morgan fingerprint density at radius 1 is 1.19 bits per heavy atom. The summed E-state index contributed by atoms with van der Waals surface area (Å²) in [5.41, 5.74) is -0.562. The molecular formula is C12H7BrF3N3O2. The molecule has 2 aromatic rings. The molecule has 2 rings (SSSR count). The lowest BCUT2D eigenvalue weighted by Gasteiger charge is -2.09. The summed E-state index contributed by atoms with van der Waals surface area (Å²) in [7, 11) is 0. The van der Waals surface area contributed by atoms with Crippen molar-refractivity contribution in [3.8, 4) is 0 Å². The van der Waals surface area contributed by atoms with Crippen LogP contribution < -0.4 is 5.32 Å². The minimum absolute atomic E-state index is 0.0749. The van der Waals surface area contributed by atoms with Crippen LogP contribution >= 0.6 is 15.9 Å². The third-order valence-corrected chi connectivity index (χ3v) is 3.09. The minimum atomic E-state index is -4.55. The maximum absolute atomic E-state index is 12.3. The van der Waals surface area contributed by atoms with Crippen LogP contribution in [0.25, 0.3) is 0 Å². The van der Waals surface area contributed by atoms with Crippen LogP contribution in [0.3, 0.4) is 0 Å². The number of rotatable bonds is 3. The number of nitrogens with zero attached hydrogens (tertiary/aromatic N) is 2. The van der Waals surface area contributed by atoms with Gasteiger partial charge < -0.3 is 10.4 Å². The molecule has 5 nitrogen and oxygen atoms in total. The number of aromatic nitrogens is 2. The summed E-state index contributed by atoms with van der Waals surface area (Å²) >= 11 is 3.17. The van der Waals surface area contributed by atoms with Gasteiger partial charge in [-0.05, 0) is 46.3 Å². The molecule has 1 heterocycles. The second kappa shape index (κ2) is 5.68. The number of anilines is 2. The molecular weight excluding hydrogens is 355 g/mol. The molecule has 1 aromatic heterocycles. The molecule has 0 saturated carbocycles. The fraction of sp³-hybridized carbons (Fsp3) is 0.0833. The van der Waals surface area contributed by atoms with E-state index in [1.807, 2.05) is 0 Å². The van der Waals surface area contributed by atoms with Crippen molar-refractivity contribution >= 4 is 33.4 Å². The average Bonchev–Trinajstić information content (AvgIpc) is 2.40. The Morgan fingerprint density at radius 2 is 1.90 bits per heavy atom.